The molecule has 0 atom stereocenters. The molecule has 0 aliphatic carbocycles. The van der Waals surface area contributed by atoms with Crippen LogP contribution in [0.2, 0.25) is 6.82 Å². The van der Waals surface area contributed by atoms with Gasteiger partial charge in [-0.2, -0.15) is 0 Å². The Morgan fingerprint density at radius 1 is 1.27 bits per heavy atom. The van der Waals surface area contributed by atoms with E-state index >= 15 is 0 Å². The monoisotopic (exact) mass is 143 g/mol. The minimum atomic E-state index is 0.520. The highest BCUT2D eigenvalue weighted by Gasteiger charge is 2.22. The van der Waals surface area contributed by atoms with Crippen molar-refractivity contribution in [3.8, 4) is 0 Å². The zero-order valence-corrected chi connectivity index (χ0v) is 6.83. The van der Waals surface area contributed by atoms with E-state index in [2.05, 4.69) is 36.9 Å². The minimum Gasteiger partial charge on any atom is -0.268 e. The maximum absolute atomic E-state index is 4.45. The topological polar surface area (TPSA) is 12.4 Å². The van der Waals surface area contributed by atoms with E-state index in [1.807, 2.05) is 6.07 Å². The molecular weight excluding hydrogens is 133 g/mol. The van der Waals surface area contributed by atoms with Crippen LogP contribution in [0.1, 0.15) is 6.92 Å². The van der Waals surface area contributed by atoms with Crippen molar-refractivity contribution >= 4 is 23.5 Å². The summed E-state index contributed by atoms with van der Waals surface area (Å²) in [5, 5.41) is 0. The summed E-state index contributed by atoms with van der Waals surface area (Å²) in [7, 11) is 0. The van der Waals surface area contributed by atoms with Crippen molar-refractivity contribution in [3.05, 3.63) is 24.3 Å². The Labute approximate surface area is 67.2 Å². The first-order valence-corrected chi connectivity index (χ1v) is 3.93. The third-order valence-electron chi connectivity index (χ3n) is 2.33. The van der Waals surface area contributed by atoms with Crippen molar-refractivity contribution in [3.63, 3.8) is 0 Å². The van der Waals surface area contributed by atoms with Crippen LogP contribution in [0, 0.1) is 0 Å². The van der Waals surface area contributed by atoms with Gasteiger partial charge in [0.05, 0.1) is 5.69 Å². The van der Waals surface area contributed by atoms with Gasteiger partial charge in [0.1, 0.15) is 0 Å². The molecule has 0 saturated carbocycles. The summed E-state index contributed by atoms with van der Waals surface area (Å²) in [5.41, 5.74) is 3.74. The number of nitrogens with zero attached hydrogens (tertiary/aromatic N) is 1. The normalized spacial score (nSPS) is 14.7. The Bertz CT molecular complexity index is 317. The lowest BCUT2D eigenvalue weighted by Crippen LogP contribution is -2.29. The number of rotatable bonds is 0. The highest BCUT2D eigenvalue weighted by molar-refractivity contribution is 7.01. The second kappa shape index (κ2) is 2.23. The largest absolute Gasteiger partial charge is 0.268 e. The first-order chi connectivity index (χ1) is 5.29. The first-order valence-electron chi connectivity index (χ1n) is 3.93. The Hall–Kier alpha value is -1.05. The SMILES string of the molecule is CB1C(C)=Nc2ccccc21. The smallest absolute Gasteiger partial charge is 0.227 e. The summed E-state index contributed by atoms with van der Waals surface area (Å²) in [6, 6.07) is 8.33. The van der Waals surface area contributed by atoms with E-state index in [1.54, 1.807) is 0 Å². The number of fused-ring (bicyclic) bond motifs is 1. The molecule has 54 valence electrons. The predicted molar refractivity (Wildman–Crippen MR) is 50.5 cm³/mol. The van der Waals surface area contributed by atoms with E-state index in [1.165, 1.54) is 11.1 Å². The molecule has 1 aliphatic heterocycles. The molecule has 1 nitrogen and oxygen atoms in total. The summed E-state index contributed by atoms with van der Waals surface area (Å²) < 4.78 is 0. The van der Waals surface area contributed by atoms with Gasteiger partial charge in [-0.25, -0.2) is 0 Å². The standard InChI is InChI=1S/C9H10BN/c1-7-10(2)8-5-3-4-6-9(8)11-7/h3-6H,1-2H3. The van der Waals surface area contributed by atoms with Gasteiger partial charge in [-0.1, -0.05) is 25.0 Å². The van der Waals surface area contributed by atoms with Crippen molar-refractivity contribution < 1.29 is 0 Å². The van der Waals surface area contributed by atoms with E-state index in [4.69, 9.17) is 0 Å². The number of hydrogen-bond donors (Lipinski definition) is 0. The van der Waals surface area contributed by atoms with Crippen molar-refractivity contribution in [2.75, 3.05) is 0 Å². The molecule has 0 radical (unpaired) electrons. The molecule has 1 aromatic carbocycles. The van der Waals surface area contributed by atoms with Gasteiger partial charge in [0.2, 0.25) is 6.71 Å². The number of hydrogen-bond acceptors (Lipinski definition) is 1. The summed E-state index contributed by atoms with van der Waals surface area (Å²) >= 11 is 0. The van der Waals surface area contributed by atoms with Gasteiger partial charge >= 0.3 is 0 Å². The van der Waals surface area contributed by atoms with Crippen molar-refractivity contribution in [2.45, 2.75) is 13.7 Å². The minimum absolute atomic E-state index is 0.520. The fourth-order valence-corrected chi connectivity index (χ4v) is 1.47. The van der Waals surface area contributed by atoms with Crippen LogP contribution in [0.15, 0.2) is 29.3 Å². The Morgan fingerprint density at radius 2 is 2.00 bits per heavy atom. The Morgan fingerprint density at radius 3 is 2.73 bits per heavy atom. The molecular formula is C9H10BN. The lowest BCUT2D eigenvalue weighted by atomic mass is 9.45. The van der Waals surface area contributed by atoms with Crippen molar-refractivity contribution in [1.82, 2.24) is 0 Å². The van der Waals surface area contributed by atoms with E-state index in [-0.39, 0.29) is 0 Å². The average Bonchev–Trinajstić information content (AvgIpc) is 2.30. The van der Waals surface area contributed by atoms with Gasteiger partial charge in [-0.15, -0.1) is 0 Å². The maximum Gasteiger partial charge on any atom is 0.227 e. The van der Waals surface area contributed by atoms with Crippen LogP contribution in [0.3, 0.4) is 0 Å². The van der Waals surface area contributed by atoms with Gasteiger partial charge in [-0.3, -0.25) is 4.99 Å². The first kappa shape index (κ1) is 6.65. The zero-order chi connectivity index (χ0) is 7.84. The molecule has 11 heavy (non-hydrogen) atoms. The van der Waals surface area contributed by atoms with Crippen LogP contribution in [-0.2, 0) is 0 Å². The highest BCUT2D eigenvalue weighted by Crippen LogP contribution is 2.16. The molecule has 0 amide bonds. The molecule has 2 rings (SSSR count). The Kier molecular flexibility index (Phi) is 1.35. The van der Waals surface area contributed by atoms with E-state index in [0.717, 1.165) is 5.69 Å². The fourth-order valence-electron chi connectivity index (χ4n) is 1.47. The van der Waals surface area contributed by atoms with Gasteiger partial charge in [0, 0.05) is 0 Å². The van der Waals surface area contributed by atoms with Crippen LogP contribution in [0.4, 0.5) is 5.69 Å². The molecule has 0 spiro atoms. The Balaban J connectivity index is 2.58. The third-order valence-corrected chi connectivity index (χ3v) is 2.33. The summed E-state index contributed by atoms with van der Waals surface area (Å²) in [6.07, 6.45) is 0. The van der Waals surface area contributed by atoms with Crippen LogP contribution < -0.4 is 5.46 Å². The van der Waals surface area contributed by atoms with E-state index in [0.29, 0.717) is 6.71 Å². The lowest BCUT2D eigenvalue weighted by Gasteiger charge is -1.98. The summed E-state index contributed by atoms with van der Waals surface area (Å²) in [6.45, 7) is 4.81. The molecule has 0 saturated heterocycles. The number of benzene rings is 1. The van der Waals surface area contributed by atoms with Crippen LogP contribution >= 0.6 is 0 Å². The molecule has 0 N–H and O–H groups in total. The van der Waals surface area contributed by atoms with Gasteiger partial charge in [-0.05, 0) is 24.1 Å². The summed E-state index contributed by atoms with van der Waals surface area (Å²) in [4.78, 5) is 4.45. The van der Waals surface area contributed by atoms with Gasteiger partial charge in [0.25, 0.3) is 0 Å². The lowest BCUT2D eigenvalue weighted by molar-refractivity contribution is 1.57. The number of aliphatic imine (C=N–C) groups is 1. The molecule has 0 bridgehead atoms. The molecule has 2 heteroatoms. The third kappa shape index (κ3) is 0.899. The van der Waals surface area contributed by atoms with Crippen LogP contribution in [-0.4, -0.2) is 12.3 Å². The molecule has 1 aliphatic rings. The zero-order valence-electron chi connectivity index (χ0n) is 6.83. The molecule has 0 fully saturated rings. The fraction of sp³-hybridized carbons (Fsp3) is 0.222. The summed E-state index contributed by atoms with van der Waals surface area (Å²) in [5.74, 6) is 0. The molecule has 0 unspecified atom stereocenters. The molecule has 1 aromatic rings. The second-order valence-corrected chi connectivity index (χ2v) is 3.03. The van der Waals surface area contributed by atoms with E-state index < -0.39 is 0 Å². The van der Waals surface area contributed by atoms with Gasteiger partial charge < -0.3 is 0 Å². The molecule has 0 aromatic heterocycles. The average molecular weight is 143 g/mol. The maximum atomic E-state index is 4.45. The van der Waals surface area contributed by atoms with Crippen LogP contribution in [0.5, 0.6) is 0 Å². The number of para-hydroxylation sites is 1. The molecule has 1 heterocycles. The highest BCUT2D eigenvalue weighted by atomic mass is 14.8. The van der Waals surface area contributed by atoms with Crippen LogP contribution in [0.25, 0.3) is 0 Å². The van der Waals surface area contributed by atoms with Crippen molar-refractivity contribution in [1.29, 1.82) is 0 Å². The van der Waals surface area contributed by atoms with E-state index in [9.17, 15) is 0 Å². The predicted octanol–water partition coefficient (Wildman–Crippen LogP) is 1.66. The van der Waals surface area contributed by atoms with Crippen molar-refractivity contribution in [2.24, 2.45) is 4.99 Å². The van der Waals surface area contributed by atoms with Gasteiger partial charge in [0.15, 0.2) is 0 Å². The quantitative estimate of drug-likeness (QED) is 0.489. The second-order valence-electron chi connectivity index (χ2n) is 3.03.